The Labute approximate surface area is 158 Å². The van der Waals surface area contributed by atoms with Gasteiger partial charge in [0.1, 0.15) is 6.73 Å². The summed E-state index contributed by atoms with van der Waals surface area (Å²) in [5, 5.41) is 0. The molecular formula is C21H24N2O4. The minimum absolute atomic E-state index is 0.143. The molecule has 4 atom stereocenters. The standard InChI is InChI=1S/C21H24N2O4/c1-3-22(4-2)12-27-21(26)15-6-5-7-16(11-15)23-19(24)17-13-8-9-14(10-13)18(17)20(23)25/h5-9,11,13-14,17-18H,3-4,10,12H2,1-2H3. The van der Waals surface area contributed by atoms with Gasteiger partial charge < -0.3 is 4.74 Å². The number of rotatable bonds is 6. The van der Waals surface area contributed by atoms with Crippen LogP contribution in [-0.4, -0.2) is 42.5 Å². The van der Waals surface area contributed by atoms with Crippen molar-refractivity contribution in [3.05, 3.63) is 42.0 Å². The summed E-state index contributed by atoms with van der Waals surface area (Å²) in [6.45, 7) is 5.80. The summed E-state index contributed by atoms with van der Waals surface area (Å²) in [5.74, 6) is -0.889. The number of hydrogen-bond acceptors (Lipinski definition) is 5. The SMILES string of the molecule is CCN(CC)COC(=O)c1cccc(N2C(=O)C3C4C=CC(C4)C3C2=O)c1. The van der Waals surface area contributed by atoms with Crippen LogP contribution in [0.25, 0.3) is 0 Å². The van der Waals surface area contributed by atoms with Crippen molar-refractivity contribution >= 4 is 23.5 Å². The highest BCUT2D eigenvalue weighted by Crippen LogP contribution is 2.53. The maximum atomic E-state index is 12.9. The first kappa shape index (κ1) is 17.9. The molecule has 3 aliphatic rings. The first-order chi connectivity index (χ1) is 13.0. The molecule has 0 aromatic heterocycles. The first-order valence-electron chi connectivity index (χ1n) is 9.60. The van der Waals surface area contributed by atoms with Crippen LogP contribution >= 0.6 is 0 Å². The van der Waals surface area contributed by atoms with Crippen molar-refractivity contribution in [2.75, 3.05) is 24.7 Å². The molecule has 2 bridgehead atoms. The molecule has 1 aromatic rings. The van der Waals surface area contributed by atoms with Crippen molar-refractivity contribution in [1.29, 1.82) is 0 Å². The fourth-order valence-electron chi connectivity index (χ4n) is 4.57. The number of imide groups is 1. The lowest BCUT2D eigenvalue weighted by Gasteiger charge is -2.19. The van der Waals surface area contributed by atoms with Crippen LogP contribution < -0.4 is 4.90 Å². The van der Waals surface area contributed by atoms with Gasteiger partial charge in [0.25, 0.3) is 0 Å². The maximum Gasteiger partial charge on any atom is 0.339 e. The van der Waals surface area contributed by atoms with Gasteiger partial charge in [0.2, 0.25) is 11.8 Å². The van der Waals surface area contributed by atoms with Crippen LogP contribution in [0.1, 0.15) is 30.6 Å². The highest BCUT2D eigenvalue weighted by atomic mass is 16.5. The number of ether oxygens (including phenoxy) is 1. The predicted molar refractivity (Wildman–Crippen MR) is 99.9 cm³/mol. The Hall–Kier alpha value is -2.47. The number of carbonyl (C=O) groups is 3. The molecule has 142 valence electrons. The molecule has 1 aliphatic heterocycles. The molecule has 4 unspecified atom stereocenters. The molecule has 6 nitrogen and oxygen atoms in total. The molecule has 1 saturated carbocycles. The van der Waals surface area contributed by atoms with E-state index in [0.29, 0.717) is 11.3 Å². The summed E-state index contributed by atoms with van der Waals surface area (Å²) >= 11 is 0. The molecule has 27 heavy (non-hydrogen) atoms. The summed E-state index contributed by atoms with van der Waals surface area (Å²) in [6.07, 6.45) is 5.04. The van der Waals surface area contributed by atoms with E-state index in [0.717, 1.165) is 19.5 Å². The fraction of sp³-hybridized carbons (Fsp3) is 0.476. The van der Waals surface area contributed by atoms with Gasteiger partial charge >= 0.3 is 5.97 Å². The molecule has 1 saturated heterocycles. The Morgan fingerprint density at radius 2 is 1.74 bits per heavy atom. The third-order valence-electron chi connectivity index (χ3n) is 6.08. The van der Waals surface area contributed by atoms with Gasteiger partial charge in [0, 0.05) is 0 Å². The smallest absolute Gasteiger partial charge is 0.339 e. The van der Waals surface area contributed by atoms with Gasteiger partial charge in [-0.25, -0.2) is 9.69 Å². The lowest BCUT2D eigenvalue weighted by Crippen LogP contribution is -2.33. The Morgan fingerprint density at radius 3 is 2.33 bits per heavy atom. The predicted octanol–water partition coefficient (Wildman–Crippen LogP) is 2.45. The lowest BCUT2D eigenvalue weighted by molar-refractivity contribution is -0.123. The quantitative estimate of drug-likeness (QED) is 0.334. The van der Waals surface area contributed by atoms with Crippen LogP contribution in [0.3, 0.4) is 0 Å². The minimum atomic E-state index is -0.454. The highest BCUT2D eigenvalue weighted by Gasteiger charge is 2.59. The molecule has 0 N–H and O–H groups in total. The summed E-state index contributed by atoms with van der Waals surface area (Å²) in [4.78, 5) is 41.4. The van der Waals surface area contributed by atoms with E-state index in [1.807, 2.05) is 18.7 Å². The van der Waals surface area contributed by atoms with Crippen molar-refractivity contribution in [3.63, 3.8) is 0 Å². The molecule has 1 heterocycles. The zero-order chi connectivity index (χ0) is 19.1. The van der Waals surface area contributed by atoms with Gasteiger partial charge in [-0.3, -0.25) is 14.5 Å². The van der Waals surface area contributed by atoms with Gasteiger partial charge in [0.15, 0.2) is 0 Å². The lowest BCUT2D eigenvalue weighted by atomic mass is 9.85. The first-order valence-corrected chi connectivity index (χ1v) is 9.60. The normalized spacial score (nSPS) is 28.3. The van der Waals surface area contributed by atoms with E-state index in [-0.39, 0.29) is 42.2 Å². The van der Waals surface area contributed by atoms with Crippen molar-refractivity contribution in [2.45, 2.75) is 20.3 Å². The van der Waals surface area contributed by atoms with E-state index in [1.165, 1.54) is 4.90 Å². The van der Waals surface area contributed by atoms with Crippen LogP contribution in [-0.2, 0) is 14.3 Å². The van der Waals surface area contributed by atoms with E-state index < -0.39 is 5.97 Å². The average Bonchev–Trinajstić information content (AvgIpc) is 3.36. The third-order valence-corrected chi connectivity index (χ3v) is 6.08. The topological polar surface area (TPSA) is 66.9 Å². The van der Waals surface area contributed by atoms with E-state index in [1.54, 1.807) is 24.3 Å². The van der Waals surface area contributed by atoms with Crippen LogP contribution in [0.4, 0.5) is 5.69 Å². The number of esters is 1. The zero-order valence-electron chi connectivity index (χ0n) is 15.6. The minimum Gasteiger partial charge on any atom is -0.446 e. The summed E-state index contributed by atoms with van der Waals surface area (Å²) in [6, 6.07) is 6.61. The molecule has 6 heteroatoms. The number of anilines is 1. The monoisotopic (exact) mass is 368 g/mol. The van der Waals surface area contributed by atoms with Crippen LogP contribution in [0.2, 0.25) is 0 Å². The number of fused-ring (bicyclic) bond motifs is 5. The van der Waals surface area contributed by atoms with E-state index in [4.69, 9.17) is 4.74 Å². The van der Waals surface area contributed by atoms with Gasteiger partial charge in [0.05, 0.1) is 23.1 Å². The fourth-order valence-corrected chi connectivity index (χ4v) is 4.57. The average molecular weight is 368 g/mol. The second-order valence-electron chi connectivity index (χ2n) is 7.43. The third kappa shape index (κ3) is 2.88. The Balaban J connectivity index is 1.52. The van der Waals surface area contributed by atoms with Crippen molar-refractivity contribution in [3.8, 4) is 0 Å². The summed E-state index contributed by atoms with van der Waals surface area (Å²) in [7, 11) is 0. The van der Waals surface area contributed by atoms with E-state index in [9.17, 15) is 14.4 Å². The largest absolute Gasteiger partial charge is 0.446 e. The second-order valence-corrected chi connectivity index (χ2v) is 7.43. The van der Waals surface area contributed by atoms with E-state index in [2.05, 4.69) is 12.2 Å². The van der Waals surface area contributed by atoms with Gasteiger partial charge in [-0.2, -0.15) is 0 Å². The molecule has 0 radical (unpaired) electrons. The van der Waals surface area contributed by atoms with Crippen molar-refractivity contribution in [1.82, 2.24) is 4.90 Å². The molecule has 2 amide bonds. The Morgan fingerprint density at radius 1 is 1.11 bits per heavy atom. The molecule has 2 fully saturated rings. The second kappa shape index (κ2) is 6.93. The van der Waals surface area contributed by atoms with Crippen LogP contribution in [0.5, 0.6) is 0 Å². The molecule has 4 rings (SSSR count). The number of amides is 2. The number of hydrogen-bond donors (Lipinski definition) is 0. The van der Waals surface area contributed by atoms with Gasteiger partial charge in [-0.1, -0.05) is 32.1 Å². The van der Waals surface area contributed by atoms with Crippen molar-refractivity contribution in [2.24, 2.45) is 23.7 Å². The van der Waals surface area contributed by atoms with Crippen molar-refractivity contribution < 1.29 is 19.1 Å². The molecular weight excluding hydrogens is 344 g/mol. The van der Waals surface area contributed by atoms with Crippen LogP contribution in [0.15, 0.2) is 36.4 Å². The number of carbonyl (C=O) groups excluding carboxylic acids is 3. The number of benzene rings is 1. The maximum absolute atomic E-state index is 12.9. The summed E-state index contributed by atoms with van der Waals surface area (Å²) in [5.41, 5.74) is 0.800. The van der Waals surface area contributed by atoms with Crippen LogP contribution in [0, 0.1) is 23.7 Å². The molecule has 1 aromatic carbocycles. The molecule has 2 aliphatic carbocycles. The highest BCUT2D eigenvalue weighted by molar-refractivity contribution is 6.23. The van der Waals surface area contributed by atoms with Gasteiger partial charge in [-0.15, -0.1) is 0 Å². The molecule has 0 spiro atoms. The number of allylic oxidation sites excluding steroid dienone is 2. The Kier molecular flexibility index (Phi) is 4.60. The zero-order valence-corrected chi connectivity index (χ0v) is 15.6. The summed E-state index contributed by atoms with van der Waals surface area (Å²) < 4.78 is 5.35. The van der Waals surface area contributed by atoms with E-state index >= 15 is 0 Å². The Bertz CT molecular complexity index is 784. The number of nitrogens with zero attached hydrogens (tertiary/aromatic N) is 2. The van der Waals surface area contributed by atoms with Gasteiger partial charge in [-0.05, 0) is 49.5 Å².